The summed E-state index contributed by atoms with van der Waals surface area (Å²) in [6.07, 6.45) is 0. The monoisotopic (exact) mass is 184 g/mol. The molecule has 0 rings (SSSR count). The van der Waals surface area contributed by atoms with Gasteiger partial charge in [0.2, 0.25) is 0 Å². The molecule has 1 atom stereocenters. The van der Waals surface area contributed by atoms with Crippen molar-refractivity contribution < 1.29 is 9.53 Å². The van der Waals surface area contributed by atoms with Crippen LogP contribution in [0.15, 0.2) is 0 Å². The van der Waals surface area contributed by atoms with E-state index in [4.69, 9.17) is 0 Å². The minimum absolute atomic E-state index is 0.0898. The van der Waals surface area contributed by atoms with Gasteiger partial charge in [-0.05, 0) is 6.92 Å². The second kappa shape index (κ2) is 4.54. The molecule has 0 aliphatic carbocycles. The number of rotatable bonds is 2. The van der Waals surface area contributed by atoms with Gasteiger partial charge in [0.1, 0.15) is 0 Å². The molecule has 1 unspecified atom stereocenters. The molecular weight excluding hydrogens is 179 g/mol. The summed E-state index contributed by atoms with van der Waals surface area (Å²) in [7, 11) is 0.0898. The van der Waals surface area contributed by atoms with Crippen LogP contribution in [0.4, 0.5) is 4.79 Å². The van der Waals surface area contributed by atoms with Crippen molar-refractivity contribution >= 4 is 28.5 Å². The molecule has 0 aliphatic rings. The number of carbonyl (C=O) groups excluding carboxylic acids is 1. The normalized spacial score (nSPS) is 10.0. The van der Waals surface area contributed by atoms with Crippen molar-refractivity contribution in [1.29, 1.82) is 0 Å². The summed E-state index contributed by atoms with van der Waals surface area (Å²) >= 11 is 2.97. The van der Waals surface area contributed by atoms with Crippen LogP contribution in [0.2, 0.25) is 0 Å². The minimum Gasteiger partial charge on any atom is -0.462 e. The molecule has 7 heavy (non-hydrogen) atoms. The average Bonchev–Trinajstić information content (AvgIpc) is 1.68. The maximum atomic E-state index is 10.2. The van der Waals surface area contributed by atoms with Crippen LogP contribution in [-0.4, -0.2) is 12.3 Å². The minimum atomic E-state index is -0.178. The van der Waals surface area contributed by atoms with E-state index in [9.17, 15) is 4.79 Å². The highest BCUT2D eigenvalue weighted by Gasteiger charge is 1.92. The van der Waals surface area contributed by atoms with E-state index in [1.54, 1.807) is 6.92 Å². The first-order chi connectivity index (χ1) is 3.31. The predicted molar refractivity (Wildman–Crippen MR) is 34.3 cm³/mol. The van der Waals surface area contributed by atoms with Crippen molar-refractivity contribution in [1.82, 2.24) is 0 Å². The molecule has 0 aromatic rings. The van der Waals surface area contributed by atoms with Gasteiger partial charge in [0.15, 0.2) is 0 Å². The van der Waals surface area contributed by atoms with Crippen molar-refractivity contribution in [3.05, 3.63) is 0 Å². The summed E-state index contributed by atoms with van der Waals surface area (Å²) < 4.78 is 4.52. The molecule has 0 saturated heterocycles. The molecule has 0 aliphatic heterocycles. The van der Waals surface area contributed by atoms with Gasteiger partial charge in [0.25, 0.3) is 0 Å². The molecule has 0 heterocycles. The number of ether oxygens (including phenoxy) is 1. The molecule has 0 bridgehead atoms. The molecule has 2 nitrogen and oxygen atoms in total. The third kappa shape index (κ3) is 4.23. The molecule has 42 valence electrons. The Balaban J connectivity index is 3.00. The lowest BCUT2D eigenvalue weighted by Gasteiger charge is -1.92. The fraction of sp³-hybridized carbons (Fsp3) is 0.667. The maximum Gasteiger partial charge on any atom is 0.334 e. The molecule has 0 amide bonds. The Morgan fingerprint density at radius 2 is 2.57 bits per heavy atom. The van der Waals surface area contributed by atoms with Crippen molar-refractivity contribution in [2.45, 2.75) is 6.92 Å². The van der Waals surface area contributed by atoms with Gasteiger partial charge in [-0.1, -0.05) is 15.5 Å². The highest BCUT2D eigenvalue weighted by Crippen LogP contribution is 2.21. The predicted octanol–water partition coefficient (Wildman–Crippen LogP) is 2.13. The quantitative estimate of drug-likeness (QED) is 0.615. The molecular formula is C3H6BrO2P. The number of carbonyl (C=O) groups is 1. The van der Waals surface area contributed by atoms with Crippen LogP contribution in [0.3, 0.4) is 0 Å². The Labute approximate surface area is 52.1 Å². The van der Waals surface area contributed by atoms with E-state index in [2.05, 4.69) is 20.2 Å². The molecule has 0 aromatic carbocycles. The molecule has 0 aromatic heterocycles. The lowest BCUT2D eigenvalue weighted by molar-refractivity contribution is 0.181. The Hall–Kier alpha value is 0.380. The molecule has 0 saturated carbocycles. The van der Waals surface area contributed by atoms with Crippen LogP contribution >= 0.6 is 22.8 Å². The molecule has 4 heteroatoms. The zero-order valence-electron chi connectivity index (χ0n) is 3.90. The lowest BCUT2D eigenvalue weighted by Crippen LogP contribution is -1.90. The molecule has 0 N–H and O–H groups in total. The highest BCUT2D eigenvalue weighted by molar-refractivity contribution is 9.38. The highest BCUT2D eigenvalue weighted by atomic mass is 79.9. The van der Waals surface area contributed by atoms with Gasteiger partial charge in [-0.25, -0.2) is 4.79 Å². The average molecular weight is 185 g/mol. The largest absolute Gasteiger partial charge is 0.462 e. The Morgan fingerprint density at radius 1 is 2.00 bits per heavy atom. The number of hydrogen-bond donors (Lipinski definition) is 0. The van der Waals surface area contributed by atoms with E-state index in [1.165, 1.54) is 0 Å². The fourth-order valence-corrected chi connectivity index (χ4v) is 0.701. The van der Waals surface area contributed by atoms with Gasteiger partial charge < -0.3 is 4.74 Å². The third-order valence-corrected chi connectivity index (χ3v) is 1.62. The van der Waals surface area contributed by atoms with Crippen molar-refractivity contribution in [3.8, 4) is 0 Å². The van der Waals surface area contributed by atoms with Crippen LogP contribution in [0, 0.1) is 0 Å². The zero-order valence-corrected chi connectivity index (χ0v) is 6.49. The summed E-state index contributed by atoms with van der Waals surface area (Å²) in [5.41, 5.74) is -0.178. The summed E-state index contributed by atoms with van der Waals surface area (Å²) in [4.78, 5) is 10.2. The first-order valence-corrected chi connectivity index (χ1v) is 5.10. The fourth-order valence-electron chi connectivity index (χ4n) is 0.158. The lowest BCUT2D eigenvalue weighted by atomic mass is 10.9. The Kier molecular flexibility index (Phi) is 4.78. The molecule has 0 fully saturated rings. The van der Waals surface area contributed by atoms with Crippen LogP contribution in [0.5, 0.6) is 0 Å². The summed E-state index contributed by atoms with van der Waals surface area (Å²) in [6, 6.07) is 0. The number of halogens is 1. The van der Waals surface area contributed by atoms with E-state index in [0.29, 0.717) is 6.61 Å². The number of hydrogen-bond acceptors (Lipinski definition) is 2. The second-order valence-electron chi connectivity index (χ2n) is 0.815. The van der Waals surface area contributed by atoms with Gasteiger partial charge in [-0.2, -0.15) is 0 Å². The van der Waals surface area contributed by atoms with Crippen LogP contribution in [-0.2, 0) is 4.74 Å². The first kappa shape index (κ1) is 7.38. The Bertz CT molecular complexity index is 66.0. The van der Waals surface area contributed by atoms with E-state index in [-0.39, 0.29) is 13.0 Å². The topological polar surface area (TPSA) is 26.3 Å². The summed E-state index contributed by atoms with van der Waals surface area (Å²) in [5, 5.41) is 0. The van der Waals surface area contributed by atoms with Crippen molar-refractivity contribution in [3.63, 3.8) is 0 Å². The van der Waals surface area contributed by atoms with Crippen molar-refractivity contribution in [2.24, 2.45) is 0 Å². The molecule has 0 spiro atoms. The van der Waals surface area contributed by atoms with E-state index in [0.717, 1.165) is 0 Å². The first-order valence-electron chi connectivity index (χ1n) is 1.84. The van der Waals surface area contributed by atoms with Gasteiger partial charge in [-0.3, -0.25) is 0 Å². The van der Waals surface area contributed by atoms with Crippen LogP contribution in [0.25, 0.3) is 0 Å². The summed E-state index contributed by atoms with van der Waals surface area (Å²) in [6.45, 7) is 2.25. The second-order valence-corrected chi connectivity index (χ2v) is 2.60. The van der Waals surface area contributed by atoms with Crippen LogP contribution in [0.1, 0.15) is 6.92 Å². The van der Waals surface area contributed by atoms with Gasteiger partial charge >= 0.3 is 5.71 Å². The Morgan fingerprint density at radius 3 is 2.71 bits per heavy atom. The van der Waals surface area contributed by atoms with Crippen molar-refractivity contribution in [2.75, 3.05) is 6.61 Å². The smallest absolute Gasteiger partial charge is 0.334 e. The van der Waals surface area contributed by atoms with E-state index in [1.807, 2.05) is 0 Å². The molecule has 0 radical (unpaired) electrons. The van der Waals surface area contributed by atoms with Gasteiger partial charge in [-0.15, -0.1) is 0 Å². The SMILES string of the molecule is CCOC(=O)PBr. The van der Waals surface area contributed by atoms with Crippen LogP contribution < -0.4 is 0 Å². The van der Waals surface area contributed by atoms with Gasteiger partial charge in [0.05, 0.1) is 13.9 Å². The maximum absolute atomic E-state index is 10.2. The summed E-state index contributed by atoms with van der Waals surface area (Å²) in [5.74, 6) is 0. The van der Waals surface area contributed by atoms with E-state index >= 15 is 0 Å². The van der Waals surface area contributed by atoms with E-state index < -0.39 is 0 Å². The zero-order chi connectivity index (χ0) is 5.70. The third-order valence-electron chi connectivity index (χ3n) is 0.353. The van der Waals surface area contributed by atoms with Gasteiger partial charge in [0, 0.05) is 0 Å². The standard InChI is InChI=1S/C3H6BrO2P/c1-2-6-3(5)7-4/h7H,2H2,1H3.